The van der Waals surface area contributed by atoms with Gasteiger partial charge in [-0.2, -0.15) is 0 Å². The van der Waals surface area contributed by atoms with Crippen LogP contribution < -0.4 is 10.1 Å². The molecule has 3 heterocycles. The largest absolute Gasteiger partial charge is 0.497 e. The maximum absolute atomic E-state index is 11.9. The van der Waals surface area contributed by atoms with E-state index in [1.54, 1.807) is 25.4 Å². The summed E-state index contributed by atoms with van der Waals surface area (Å²) >= 11 is 5.84. The number of benzene rings is 2. The number of nitrogens with zero attached hydrogens (tertiary/aromatic N) is 3. The molecule has 2 atom stereocenters. The van der Waals surface area contributed by atoms with E-state index in [-0.39, 0.29) is 18.1 Å². The highest BCUT2D eigenvalue weighted by molar-refractivity contribution is 7.80. The summed E-state index contributed by atoms with van der Waals surface area (Å²) in [5.41, 5.74) is 4.52. The Morgan fingerprint density at radius 1 is 1.00 bits per heavy atom. The Hall–Kier alpha value is -4.17. The molecule has 182 valence electrons. The summed E-state index contributed by atoms with van der Waals surface area (Å²) in [5.74, 6) is 0.452. The molecule has 1 saturated heterocycles. The molecule has 8 heteroatoms. The zero-order chi connectivity index (χ0) is 25.1. The first kappa shape index (κ1) is 23.6. The number of esters is 1. The number of hydrogen-bond donors (Lipinski definition) is 1. The van der Waals surface area contributed by atoms with Gasteiger partial charge in [0.25, 0.3) is 0 Å². The molecule has 0 aliphatic carbocycles. The van der Waals surface area contributed by atoms with Crippen LogP contribution in [-0.2, 0) is 11.3 Å². The van der Waals surface area contributed by atoms with Crippen molar-refractivity contribution in [3.05, 3.63) is 114 Å². The third kappa shape index (κ3) is 4.55. The first-order chi connectivity index (χ1) is 17.6. The van der Waals surface area contributed by atoms with E-state index in [1.807, 2.05) is 54.7 Å². The second-order valence-electron chi connectivity index (χ2n) is 8.44. The van der Waals surface area contributed by atoms with Gasteiger partial charge >= 0.3 is 5.97 Å². The van der Waals surface area contributed by atoms with Gasteiger partial charge in [-0.1, -0.05) is 18.2 Å². The minimum Gasteiger partial charge on any atom is -0.497 e. The van der Waals surface area contributed by atoms with Gasteiger partial charge in [-0.05, 0) is 78.4 Å². The number of pyridine rings is 1. The van der Waals surface area contributed by atoms with Crippen molar-refractivity contribution in [1.29, 1.82) is 0 Å². The number of thiocarbonyl (C=S) groups is 1. The molecule has 0 bridgehead atoms. The third-order valence-electron chi connectivity index (χ3n) is 6.36. The van der Waals surface area contributed by atoms with E-state index in [0.717, 1.165) is 28.4 Å². The molecule has 1 N–H and O–H groups in total. The number of rotatable bonds is 7. The second kappa shape index (κ2) is 10.2. The minimum atomic E-state index is -0.361. The monoisotopic (exact) mass is 498 g/mol. The lowest BCUT2D eigenvalue weighted by atomic mass is 10.0. The fraction of sp³-hybridized carbons (Fsp3) is 0.179. The summed E-state index contributed by atoms with van der Waals surface area (Å²) in [6.07, 6.45) is 3.82. The Morgan fingerprint density at radius 3 is 2.44 bits per heavy atom. The van der Waals surface area contributed by atoms with E-state index in [9.17, 15) is 4.79 Å². The second-order valence-corrected chi connectivity index (χ2v) is 8.83. The molecule has 0 saturated carbocycles. The van der Waals surface area contributed by atoms with Crippen LogP contribution in [0.2, 0.25) is 0 Å². The van der Waals surface area contributed by atoms with Gasteiger partial charge in [0.15, 0.2) is 5.11 Å². The number of hydrogen-bond acceptors (Lipinski definition) is 5. The normalized spacial score (nSPS) is 17.1. The summed E-state index contributed by atoms with van der Waals surface area (Å²) < 4.78 is 12.3. The fourth-order valence-corrected chi connectivity index (χ4v) is 4.88. The molecule has 0 unspecified atom stereocenters. The fourth-order valence-electron chi connectivity index (χ4n) is 4.57. The maximum Gasteiger partial charge on any atom is 0.337 e. The first-order valence-corrected chi connectivity index (χ1v) is 12.0. The summed E-state index contributed by atoms with van der Waals surface area (Å²) in [7, 11) is 3.04. The van der Waals surface area contributed by atoms with Crippen LogP contribution in [0.5, 0.6) is 5.75 Å². The van der Waals surface area contributed by atoms with E-state index < -0.39 is 0 Å². The molecule has 1 fully saturated rings. The smallest absolute Gasteiger partial charge is 0.337 e. The Bertz CT molecular complexity index is 1350. The highest BCUT2D eigenvalue weighted by atomic mass is 32.1. The third-order valence-corrected chi connectivity index (χ3v) is 6.71. The number of aromatic nitrogens is 2. The number of methoxy groups -OCH3 is 2. The van der Waals surface area contributed by atoms with Gasteiger partial charge in [0.1, 0.15) is 5.75 Å². The van der Waals surface area contributed by atoms with Crippen molar-refractivity contribution >= 4 is 23.3 Å². The standard InChI is InChI=1S/C28H26N4O3S/c1-34-22-14-8-19(9-15-22)18-32-26(25(30-28(32)36)23-6-3-4-16-29-23)24-7-5-17-31(24)21-12-10-20(11-13-21)27(33)35-2/h3-17,25-26H,18H2,1-2H3,(H,30,36)/t25-,26-/m1/s1. The van der Waals surface area contributed by atoms with Gasteiger partial charge in [-0.15, -0.1) is 0 Å². The molecule has 0 radical (unpaired) electrons. The molecular formula is C28H26N4O3S. The minimum absolute atomic E-state index is 0.121. The van der Waals surface area contributed by atoms with Gasteiger partial charge in [-0.3, -0.25) is 4.98 Å². The van der Waals surface area contributed by atoms with Crippen LogP contribution in [0.15, 0.2) is 91.3 Å². The molecule has 0 spiro atoms. The molecule has 5 rings (SSSR count). The van der Waals surface area contributed by atoms with Crippen molar-refractivity contribution < 1.29 is 14.3 Å². The molecular weight excluding hydrogens is 472 g/mol. The van der Waals surface area contributed by atoms with Gasteiger partial charge < -0.3 is 24.3 Å². The Morgan fingerprint density at radius 2 is 1.78 bits per heavy atom. The van der Waals surface area contributed by atoms with Crippen LogP contribution in [0.1, 0.15) is 39.4 Å². The zero-order valence-electron chi connectivity index (χ0n) is 20.0. The van der Waals surface area contributed by atoms with Gasteiger partial charge in [-0.25, -0.2) is 4.79 Å². The molecule has 1 aliphatic heterocycles. The average Bonchev–Trinajstić information content (AvgIpc) is 3.53. The molecule has 1 aliphatic rings. The van der Waals surface area contributed by atoms with Crippen LogP contribution in [0.25, 0.3) is 5.69 Å². The van der Waals surface area contributed by atoms with Crippen LogP contribution >= 0.6 is 12.2 Å². The Labute approximate surface area is 215 Å². The van der Waals surface area contributed by atoms with Crippen molar-refractivity contribution in [2.75, 3.05) is 14.2 Å². The van der Waals surface area contributed by atoms with E-state index in [1.165, 1.54) is 7.11 Å². The predicted molar refractivity (Wildman–Crippen MR) is 141 cm³/mol. The highest BCUT2D eigenvalue weighted by Gasteiger charge is 2.41. The van der Waals surface area contributed by atoms with Crippen LogP contribution in [0.3, 0.4) is 0 Å². The van der Waals surface area contributed by atoms with Crippen LogP contribution in [-0.4, -0.2) is 39.8 Å². The van der Waals surface area contributed by atoms with Crippen LogP contribution in [0, 0.1) is 0 Å². The van der Waals surface area contributed by atoms with Crippen molar-refractivity contribution in [3.63, 3.8) is 0 Å². The summed E-state index contributed by atoms with van der Waals surface area (Å²) in [6, 6.07) is 25.2. The highest BCUT2D eigenvalue weighted by Crippen LogP contribution is 2.40. The Kier molecular flexibility index (Phi) is 6.69. The summed E-state index contributed by atoms with van der Waals surface area (Å²) in [6.45, 7) is 0.621. The quantitative estimate of drug-likeness (QED) is 0.289. The topological polar surface area (TPSA) is 68.6 Å². The molecule has 0 amide bonds. The van der Waals surface area contributed by atoms with Crippen molar-refractivity contribution in [2.45, 2.75) is 18.6 Å². The molecule has 2 aromatic heterocycles. The van der Waals surface area contributed by atoms with E-state index in [4.69, 9.17) is 21.7 Å². The predicted octanol–water partition coefficient (Wildman–Crippen LogP) is 4.84. The van der Waals surface area contributed by atoms with Crippen molar-refractivity contribution in [2.24, 2.45) is 0 Å². The van der Waals surface area contributed by atoms with E-state index >= 15 is 0 Å². The zero-order valence-corrected chi connectivity index (χ0v) is 20.8. The number of nitrogens with one attached hydrogen (secondary N) is 1. The van der Waals surface area contributed by atoms with Gasteiger partial charge in [0.05, 0.1) is 37.6 Å². The number of carbonyl (C=O) groups is 1. The van der Waals surface area contributed by atoms with Crippen molar-refractivity contribution in [1.82, 2.24) is 19.8 Å². The molecule has 2 aromatic carbocycles. The Balaban J connectivity index is 1.54. The van der Waals surface area contributed by atoms with Gasteiger partial charge in [0, 0.05) is 30.3 Å². The molecule has 4 aromatic rings. The summed E-state index contributed by atoms with van der Waals surface area (Å²) in [5, 5.41) is 4.17. The maximum atomic E-state index is 11.9. The van der Waals surface area contributed by atoms with Crippen molar-refractivity contribution in [3.8, 4) is 11.4 Å². The first-order valence-electron chi connectivity index (χ1n) is 11.6. The van der Waals surface area contributed by atoms with Crippen LogP contribution in [0.4, 0.5) is 0 Å². The lowest BCUT2D eigenvalue weighted by molar-refractivity contribution is 0.0600. The molecule has 36 heavy (non-hydrogen) atoms. The van der Waals surface area contributed by atoms with E-state index in [2.05, 4.69) is 38.0 Å². The average molecular weight is 499 g/mol. The number of carbonyl (C=O) groups excluding carboxylic acids is 1. The lowest BCUT2D eigenvalue weighted by Gasteiger charge is -2.29. The summed E-state index contributed by atoms with van der Waals surface area (Å²) in [4.78, 5) is 18.7. The van der Waals surface area contributed by atoms with Gasteiger partial charge in [0.2, 0.25) is 0 Å². The molecule has 7 nitrogen and oxygen atoms in total. The lowest BCUT2D eigenvalue weighted by Crippen LogP contribution is -2.30. The number of ether oxygens (including phenoxy) is 2. The van der Waals surface area contributed by atoms with E-state index in [0.29, 0.717) is 17.2 Å². The SMILES string of the molecule is COC(=O)c1ccc(-n2cccc2[C@@H]2[C@@H](c3ccccn3)NC(=S)N2Cc2ccc(OC)cc2)cc1.